The van der Waals surface area contributed by atoms with Crippen molar-refractivity contribution in [2.24, 2.45) is 0 Å². The Bertz CT molecular complexity index is 660. The molecule has 0 unspecified atom stereocenters. The Morgan fingerprint density at radius 2 is 1.44 bits per heavy atom. The summed E-state index contributed by atoms with van der Waals surface area (Å²) >= 11 is 0. The van der Waals surface area contributed by atoms with Crippen LogP contribution in [0.15, 0.2) is 24.3 Å². The van der Waals surface area contributed by atoms with Crippen molar-refractivity contribution in [1.82, 2.24) is 5.32 Å². The fourth-order valence-electron chi connectivity index (χ4n) is 2.54. The number of carboxylic acid groups (broad SMARTS) is 1. The summed E-state index contributed by atoms with van der Waals surface area (Å²) in [7, 11) is 0. The number of rotatable bonds is 17. The zero-order valence-corrected chi connectivity index (χ0v) is 19.4. The molecule has 1 aromatic rings. The van der Waals surface area contributed by atoms with Gasteiger partial charge in [-0.1, -0.05) is 12.1 Å². The van der Waals surface area contributed by atoms with E-state index in [1.165, 1.54) is 0 Å². The lowest BCUT2D eigenvalue weighted by molar-refractivity contribution is -0.00198. The highest BCUT2D eigenvalue weighted by Crippen LogP contribution is 2.08. The summed E-state index contributed by atoms with van der Waals surface area (Å²) in [5.74, 6) is -0.913. The van der Waals surface area contributed by atoms with Gasteiger partial charge in [0.15, 0.2) is 0 Å². The van der Waals surface area contributed by atoms with Crippen LogP contribution in [0.25, 0.3) is 0 Å². The van der Waals surface area contributed by atoms with Gasteiger partial charge in [0, 0.05) is 13.2 Å². The summed E-state index contributed by atoms with van der Waals surface area (Å²) < 4.78 is 26.8. The first-order chi connectivity index (χ1) is 15.3. The summed E-state index contributed by atoms with van der Waals surface area (Å²) in [5.41, 5.74) is 0.788. The summed E-state index contributed by atoms with van der Waals surface area (Å²) in [6, 6.07) is 6.95. The maximum Gasteiger partial charge on any atom is 0.407 e. The predicted molar refractivity (Wildman–Crippen MR) is 119 cm³/mol. The van der Waals surface area contributed by atoms with Gasteiger partial charge in [-0.2, -0.15) is 0 Å². The molecule has 9 heteroatoms. The molecule has 9 nitrogen and oxygen atoms in total. The van der Waals surface area contributed by atoms with Crippen LogP contribution < -0.4 is 5.32 Å². The normalized spacial score (nSPS) is 11.3. The van der Waals surface area contributed by atoms with Gasteiger partial charge >= 0.3 is 12.1 Å². The Morgan fingerprint density at radius 3 is 2.00 bits per heavy atom. The third-order valence-electron chi connectivity index (χ3n) is 3.96. The van der Waals surface area contributed by atoms with E-state index in [9.17, 15) is 9.59 Å². The molecule has 0 aliphatic rings. The van der Waals surface area contributed by atoms with Gasteiger partial charge in [0.2, 0.25) is 0 Å². The summed E-state index contributed by atoms with van der Waals surface area (Å²) in [5, 5.41) is 11.6. The topological polar surface area (TPSA) is 113 Å². The molecule has 182 valence electrons. The minimum atomic E-state index is -0.913. The molecule has 0 aromatic heterocycles. The first-order valence-corrected chi connectivity index (χ1v) is 10.9. The standard InChI is InChI=1S/C23H37NO8/c1-23(2,3)32-22(27)24-9-11-29-13-15-31-17-16-30-14-12-28-10-5-7-19-6-4-8-20(18-19)21(25)26/h4,6,8,18H,5,7,9-17H2,1-3H3,(H,24,27)(H,25,26). The van der Waals surface area contributed by atoms with Crippen LogP contribution in [0.1, 0.15) is 43.1 Å². The van der Waals surface area contributed by atoms with Crippen LogP contribution in [0.3, 0.4) is 0 Å². The third kappa shape index (κ3) is 15.6. The molecule has 1 rings (SSSR count). The quantitative estimate of drug-likeness (QED) is 0.345. The van der Waals surface area contributed by atoms with Crippen LogP contribution in [0.5, 0.6) is 0 Å². The molecular weight excluding hydrogens is 418 g/mol. The minimum Gasteiger partial charge on any atom is -0.478 e. The average molecular weight is 456 g/mol. The Balaban J connectivity index is 1.82. The van der Waals surface area contributed by atoms with Crippen molar-refractivity contribution < 1.29 is 38.4 Å². The third-order valence-corrected chi connectivity index (χ3v) is 3.96. The van der Waals surface area contributed by atoms with Gasteiger partial charge < -0.3 is 34.1 Å². The molecule has 32 heavy (non-hydrogen) atoms. The minimum absolute atomic E-state index is 0.306. The van der Waals surface area contributed by atoms with Crippen LogP contribution in [0.4, 0.5) is 4.79 Å². The van der Waals surface area contributed by atoms with Crippen molar-refractivity contribution in [3.05, 3.63) is 35.4 Å². The molecule has 0 aliphatic heterocycles. The zero-order valence-electron chi connectivity index (χ0n) is 19.4. The maximum absolute atomic E-state index is 11.4. The number of aryl methyl sites for hydroxylation is 1. The smallest absolute Gasteiger partial charge is 0.407 e. The lowest BCUT2D eigenvalue weighted by atomic mass is 10.1. The van der Waals surface area contributed by atoms with E-state index in [0.717, 1.165) is 18.4 Å². The molecule has 0 radical (unpaired) electrons. The molecule has 2 N–H and O–H groups in total. The Hall–Kier alpha value is -2.20. The number of hydrogen-bond acceptors (Lipinski definition) is 7. The van der Waals surface area contributed by atoms with Crippen LogP contribution in [-0.2, 0) is 30.1 Å². The van der Waals surface area contributed by atoms with Crippen molar-refractivity contribution in [2.75, 3.05) is 59.4 Å². The molecule has 0 bridgehead atoms. The molecule has 0 spiro atoms. The molecule has 0 atom stereocenters. The van der Waals surface area contributed by atoms with Crippen molar-refractivity contribution in [1.29, 1.82) is 0 Å². The predicted octanol–water partition coefficient (Wildman–Crippen LogP) is 2.91. The van der Waals surface area contributed by atoms with E-state index in [2.05, 4.69) is 5.32 Å². The number of aromatic carboxylic acids is 1. The number of benzene rings is 1. The highest BCUT2D eigenvalue weighted by atomic mass is 16.6. The van der Waals surface area contributed by atoms with E-state index in [0.29, 0.717) is 65.0 Å². The SMILES string of the molecule is CC(C)(C)OC(=O)NCCOCCOCCOCCOCCCc1cccc(C(=O)O)c1. The second kappa shape index (κ2) is 16.4. The Kier molecular flexibility index (Phi) is 14.3. The number of carboxylic acids is 1. The van der Waals surface area contributed by atoms with Crippen LogP contribution >= 0.6 is 0 Å². The van der Waals surface area contributed by atoms with Crippen LogP contribution in [0, 0.1) is 0 Å². The molecule has 0 fully saturated rings. The van der Waals surface area contributed by atoms with E-state index < -0.39 is 17.7 Å². The summed E-state index contributed by atoms with van der Waals surface area (Å²) in [6.07, 6.45) is 1.14. The van der Waals surface area contributed by atoms with E-state index in [-0.39, 0.29) is 0 Å². The lowest BCUT2D eigenvalue weighted by Crippen LogP contribution is -2.34. The van der Waals surface area contributed by atoms with Gasteiger partial charge in [-0.25, -0.2) is 9.59 Å². The van der Waals surface area contributed by atoms with E-state index in [1.54, 1.807) is 18.2 Å². The van der Waals surface area contributed by atoms with Gasteiger partial charge in [-0.15, -0.1) is 0 Å². The number of alkyl carbamates (subject to hydrolysis) is 1. The van der Waals surface area contributed by atoms with E-state index >= 15 is 0 Å². The van der Waals surface area contributed by atoms with Crippen LogP contribution in [0.2, 0.25) is 0 Å². The number of ether oxygens (including phenoxy) is 5. The lowest BCUT2D eigenvalue weighted by Gasteiger charge is -2.19. The van der Waals surface area contributed by atoms with Gasteiger partial charge in [0.1, 0.15) is 5.60 Å². The average Bonchev–Trinajstić information content (AvgIpc) is 2.72. The fourth-order valence-corrected chi connectivity index (χ4v) is 2.54. The zero-order chi connectivity index (χ0) is 23.7. The van der Waals surface area contributed by atoms with Crippen LogP contribution in [-0.4, -0.2) is 82.2 Å². The van der Waals surface area contributed by atoms with E-state index in [1.807, 2.05) is 26.8 Å². The number of hydrogen-bond donors (Lipinski definition) is 2. The number of nitrogens with one attached hydrogen (secondary N) is 1. The van der Waals surface area contributed by atoms with Crippen molar-refractivity contribution >= 4 is 12.1 Å². The van der Waals surface area contributed by atoms with E-state index in [4.69, 9.17) is 28.8 Å². The molecule has 1 aromatic carbocycles. The van der Waals surface area contributed by atoms with Gasteiger partial charge in [0.25, 0.3) is 0 Å². The number of carbonyl (C=O) groups excluding carboxylic acids is 1. The highest BCUT2D eigenvalue weighted by Gasteiger charge is 2.15. The second-order valence-corrected chi connectivity index (χ2v) is 7.99. The molecule has 1 amide bonds. The molecule has 0 saturated heterocycles. The van der Waals surface area contributed by atoms with Crippen molar-refractivity contribution in [2.45, 2.75) is 39.2 Å². The van der Waals surface area contributed by atoms with Crippen molar-refractivity contribution in [3.63, 3.8) is 0 Å². The molecule has 0 heterocycles. The second-order valence-electron chi connectivity index (χ2n) is 7.99. The molecule has 0 saturated carbocycles. The largest absolute Gasteiger partial charge is 0.478 e. The maximum atomic E-state index is 11.4. The van der Waals surface area contributed by atoms with Gasteiger partial charge in [0.05, 0.1) is 51.8 Å². The first-order valence-electron chi connectivity index (χ1n) is 10.9. The van der Waals surface area contributed by atoms with Gasteiger partial charge in [-0.05, 0) is 51.3 Å². The highest BCUT2D eigenvalue weighted by molar-refractivity contribution is 5.87. The number of amides is 1. The molecule has 0 aliphatic carbocycles. The summed E-state index contributed by atoms with van der Waals surface area (Å²) in [6.45, 7) is 9.63. The van der Waals surface area contributed by atoms with Crippen molar-refractivity contribution in [3.8, 4) is 0 Å². The number of carbonyl (C=O) groups is 2. The summed E-state index contributed by atoms with van der Waals surface area (Å²) in [4.78, 5) is 22.4. The van der Waals surface area contributed by atoms with Gasteiger partial charge in [-0.3, -0.25) is 0 Å². The Labute approximate surface area is 190 Å². The first kappa shape index (κ1) is 27.8. The fraction of sp³-hybridized carbons (Fsp3) is 0.652. The Morgan fingerprint density at radius 1 is 0.875 bits per heavy atom. The monoisotopic (exact) mass is 455 g/mol. The molecular formula is C23H37NO8.